The Morgan fingerprint density at radius 1 is 1.20 bits per heavy atom. The SMILES string of the molecule is CNC(=O)c1ccc(OC(=O)OC)cc1. The second kappa shape index (κ2) is 4.99. The van der Waals surface area contributed by atoms with Gasteiger partial charge in [-0.15, -0.1) is 0 Å². The van der Waals surface area contributed by atoms with Gasteiger partial charge in [-0.25, -0.2) is 4.79 Å². The molecule has 0 spiro atoms. The van der Waals surface area contributed by atoms with Gasteiger partial charge in [0.2, 0.25) is 0 Å². The summed E-state index contributed by atoms with van der Waals surface area (Å²) in [5.74, 6) is 0.133. The highest BCUT2D eigenvalue weighted by Gasteiger charge is 2.05. The summed E-state index contributed by atoms with van der Waals surface area (Å²) < 4.78 is 9.05. The van der Waals surface area contributed by atoms with E-state index in [1.165, 1.54) is 19.2 Å². The molecule has 0 saturated heterocycles. The molecule has 0 aliphatic heterocycles. The predicted octanol–water partition coefficient (Wildman–Crippen LogP) is 1.19. The number of amides is 1. The van der Waals surface area contributed by atoms with Crippen molar-refractivity contribution in [1.82, 2.24) is 5.32 Å². The number of hydrogen-bond acceptors (Lipinski definition) is 4. The van der Waals surface area contributed by atoms with E-state index >= 15 is 0 Å². The summed E-state index contributed by atoms with van der Waals surface area (Å²) in [5.41, 5.74) is 0.495. The maximum Gasteiger partial charge on any atom is 0.513 e. The van der Waals surface area contributed by atoms with Gasteiger partial charge in [0, 0.05) is 12.6 Å². The molecule has 0 heterocycles. The second-order valence-corrected chi connectivity index (χ2v) is 2.66. The molecular formula is C10H11NO4. The van der Waals surface area contributed by atoms with E-state index < -0.39 is 6.16 Å². The first-order chi connectivity index (χ1) is 7.17. The molecule has 1 N–H and O–H groups in total. The Morgan fingerprint density at radius 2 is 1.80 bits per heavy atom. The van der Waals surface area contributed by atoms with Crippen LogP contribution in [0.5, 0.6) is 5.75 Å². The summed E-state index contributed by atoms with van der Waals surface area (Å²) >= 11 is 0. The summed E-state index contributed by atoms with van der Waals surface area (Å²) in [6, 6.07) is 6.14. The molecule has 0 aliphatic carbocycles. The Balaban J connectivity index is 2.72. The van der Waals surface area contributed by atoms with E-state index in [4.69, 9.17) is 4.74 Å². The van der Waals surface area contributed by atoms with Crippen molar-refractivity contribution >= 4 is 12.1 Å². The molecule has 0 atom stereocenters. The molecule has 0 aliphatic rings. The van der Waals surface area contributed by atoms with E-state index in [0.29, 0.717) is 11.3 Å². The van der Waals surface area contributed by atoms with Crippen LogP contribution in [0.3, 0.4) is 0 Å². The van der Waals surface area contributed by atoms with Crippen LogP contribution >= 0.6 is 0 Å². The molecule has 0 unspecified atom stereocenters. The van der Waals surface area contributed by atoms with E-state index in [0.717, 1.165) is 0 Å². The molecule has 1 rings (SSSR count). The molecule has 1 aromatic carbocycles. The first kappa shape index (κ1) is 11.0. The number of ether oxygens (including phenoxy) is 2. The second-order valence-electron chi connectivity index (χ2n) is 2.66. The van der Waals surface area contributed by atoms with Gasteiger partial charge in [-0.3, -0.25) is 4.79 Å². The Bertz CT molecular complexity index is 358. The lowest BCUT2D eigenvalue weighted by molar-refractivity contribution is 0.0963. The normalized spacial score (nSPS) is 9.20. The zero-order valence-electron chi connectivity index (χ0n) is 8.44. The summed E-state index contributed by atoms with van der Waals surface area (Å²) in [7, 11) is 2.77. The van der Waals surface area contributed by atoms with Gasteiger partial charge in [-0.2, -0.15) is 0 Å². The van der Waals surface area contributed by atoms with Crippen LogP contribution in [-0.2, 0) is 4.74 Å². The fraction of sp³-hybridized carbons (Fsp3) is 0.200. The van der Waals surface area contributed by atoms with Crippen molar-refractivity contribution in [3.63, 3.8) is 0 Å². The molecule has 1 amide bonds. The van der Waals surface area contributed by atoms with Gasteiger partial charge in [-0.1, -0.05) is 0 Å². The van der Waals surface area contributed by atoms with E-state index in [1.807, 2.05) is 0 Å². The largest absolute Gasteiger partial charge is 0.513 e. The highest BCUT2D eigenvalue weighted by Crippen LogP contribution is 2.12. The van der Waals surface area contributed by atoms with Crippen LogP contribution in [0.1, 0.15) is 10.4 Å². The van der Waals surface area contributed by atoms with Crippen molar-refractivity contribution in [1.29, 1.82) is 0 Å². The van der Waals surface area contributed by atoms with E-state index in [9.17, 15) is 9.59 Å². The van der Waals surface area contributed by atoms with Gasteiger partial charge < -0.3 is 14.8 Å². The Kier molecular flexibility index (Phi) is 3.68. The predicted molar refractivity (Wildman–Crippen MR) is 52.9 cm³/mol. The third kappa shape index (κ3) is 2.98. The number of rotatable bonds is 2. The molecule has 0 bridgehead atoms. The summed E-state index contributed by atoms with van der Waals surface area (Å²) in [6.07, 6.45) is -0.789. The standard InChI is InChI=1S/C10H11NO4/c1-11-9(12)7-3-5-8(6-4-7)15-10(13)14-2/h3-6H,1-2H3,(H,11,12). The molecule has 15 heavy (non-hydrogen) atoms. The smallest absolute Gasteiger partial charge is 0.437 e. The Morgan fingerprint density at radius 3 is 2.27 bits per heavy atom. The minimum Gasteiger partial charge on any atom is -0.437 e. The number of hydrogen-bond donors (Lipinski definition) is 1. The first-order valence-corrected chi connectivity index (χ1v) is 4.25. The molecule has 5 heteroatoms. The van der Waals surface area contributed by atoms with Crippen molar-refractivity contribution in [2.24, 2.45) is 0 Å². The van der Waals surface area contributed by atoms with Gasteiger partial charge >= 0.3 is 6.16 Å². The average molecular weight is 209 g/mol. The number of carbonyl (C=O) groups is 2. The fourth-order valence-corrected chi connectivity index (χ4v) is 0.957. The van der Waals surface area contributed by atoms with Crippen LogP contribution in [-0.4, -0.2) is 26.2 Å². The van der Waals surface area contributed by atoms with Crippen LogP contribution in [0.4, 0.5) is 4.79 Å². The molecule has 0 fully saturated rings. The van der Waals surface area contributed by atoms with Crippen molar-refractivity contribution in [2.75, 3.05) is 14.2 Å². The molecule has 1 aromatic rings. The molecular weight excluding hydrogens is 198 g/mol. The third-order valence-corrected chi connectivity index (χ3v) is 1.71. The van der Waals surface area contributed by atoms with Gasteiger partial charge in [0.25, 0.3) is 5.91 Å². The minimum absolute atomic E-state index is 0.195. The van der Waals surface area contributed by atoms with Crippen molar-refractivity contribution in [3.05, 3.63) is 29.8 Å². The molecule has 0 radical (unpaired) electrons. The van der Waals surface area contributed by atoms with E-state index in [2.05, 4.69) is 10.1 Å². The van der Waals surface area contributed by atoms with Crippen LogP contribution in [0.25, 0.3) is 0 Å². The monoisotopic (exact) mass is 209 g/mol. The first-order valence-electron chi connectivity index (χ1n) is 4.25. The fourth-order valence-electron chi connectivity index (χ4n) is 0.957. The number of benzene rings is 1. The summed E-state index contributed by atoms with van der Waals surface area (Å²) in [5, 5.41) is 2.48. The molecule has 0 aromatic heterocycles. The van der Waals surface area contributed by atoms with Crippen LogP contribution in [0.2, 0.25) is 0 Å². The van der Waals surface area contributed by atoms with Gasteiger partial charge in [0.15, 0.2) is 0 Å². The van der Waals surface area contributed by atoms with Gasteiger partial charge in [0.05, 0.1) is 7.11 Å². The zero-order chi connectivity index (χ0) is 11.3. The number of methoxy groups -OCH3 is 1. The number of nitrogens with one attached hydrogen (secondary N) is 1. The Labute approximate surface area is 87.0 Å². The van der Waals surface area contributed by atoms with Crippen LogP contribution < -0.4 is 10.1 Å². The zero-order valence-corrected chi connectivity index (χ0v) is 8.44. The summed E-state index contributed by atoms with van der Waals surface area (Å²) in [6.45, 7) is 0. The Hall–Kier alpha value is -2.04. The minimum atomic E-state index is -0.789. The van der Waals surface area contributed by atoms with Crippen LogP contribution in [0.15, 0.2) is 24.3 Å². The van der Waals surface area contributed by atoms with Crippen molar-refractivity contribution in [2.45, 2.75) is 0 Å². The maximum absolute atomic E-state index is 11.2. The summed E-state index contributed by atoms with van der Waals surface area (Å²) in [4.78, 5) is 21.9. The number of carbonyl (C=O) groups excluding carboxylic acids is 2. The molecule has 80 valence electrons. The molecule has 5 nitrogen and oxygen atoms in total. The van der Waals surface area contributed by atoms with Crippen molar-refractivity contribution in [3.8, 4) is 5.75 Å². The van der Waals surface area contributed by atoms with E-state index in [-0.39, 0.29) is 5.91 Å². The quantitative estimate of drug-likeness (QED) is 0.587. The lowest BCUT2D eigenvalue weighted by Gasteiger charge is -2.03. The topological polar surface area (TPSA) is 64.6 Å². The lowest BCUT2D eigenvalue weighted by Crippen LogP contribution is -2.17. The van der Waals surface area contributed by atoms with E-state index in [1.54, 1.807) is 19.2 Å². The average Bonchev–Trinajstić information content (AvgIpc) is 2.29. The molecule has 0 saturated carbocycles. The maximum atomic E-state index is 11.2. The van der Waals surface area contributed by atoms with Gasteiger partial charge in [0.1, 0.15) is 5.75 Å². The highest BCUT2D eigenvalue weighted by atomic mass is 16.7. The van der Waals surface area contributed by atoms with Crippen molar-refractivity contribution < 1.29 is 19.1 Å². The third-order valence-electron chi connectivity index (χ3n) is 1.71. The highest BCUT2D eigenvalue weighted by molar-refractivity contribution is 5.94. The lowest BCUT2D eigenvalue weighted by atomic mass is 10.2. The van der Waals surface area contributed by atoms with Crippen LogP contribution in [0, 0.1) is 0 Å². The van der Waals surface area contributed by atoms with Gasteiger partial charge in [-0.05, 0) is 24.3 Å².